The van der Waals surface area contributed by atoms with Crippen LogP contribution in [-0.4, -0.2) is 0 Å². The Balaban J connectivity index is 1.93. The third-order valence-corrected chi connectivity index (χ3v) is 3.62. The zero-order chi connectivity index (χ0) is 13.5. The molecule has 0 unspecified atom stereocenters. The molecule has 0 saturated heterocycles. The van der Waals surface area contributed by atoms with Gasteiger partial charge in [0.15, 0.2) is 0 Å². The minimum Gasteiger partial charge on any atom is -0.456 e. The lowest BCUT2D eigenvalue weighted by atomic mass is 10.0. The van der Waals surface area contributed by atoms with Crippen LogP contribution in [0.25, 0.3) is 33.1 Å². The summed E-state index contributed by atoms with van der Waals surface area (Å²) in [5.41, 5.74) is 8.77. The van der Waals surface area contributed by atoms with Crippen molar-refractivity contribution >= 4 is 27.4 Å². The molecule has 4 aromatic rings. The van der Waals surface area contributed by atoms with Crippen molar-refractivity contribution in [3.63, 3.8) is 0 Å². The van der Waals surface area contributed by atoms with Crippen molar-refractivity contribution in [3.05, 3.63) is 66.7 Å². The van der Waals surface area contributed by atoms with Gasteiger partial charge in [-0.25, -0.2) is 0 Å². The average molecular weight is 259 g/mol. The van der Waals surface area contributed by atoms with Gasteiger partial charge in [0.2, 0.25) is 0 Å². The predicted octanol–water partition coefficient (Wildman–Crippen LogP) is 4.84. The molecule has 0 aliphatic carbocycles. The standard InChI is InChI=1S/C18H13NO/c19-16-6-3-5-12-10-14(8-9-15(12)16)18-11-13-4-1-2-7-17(13)20-18/h1-11H,19H2. The molecular formula is C18H13NO. The molecule has 0 radical (unpaired) electrons. The Labute approximate surface area is 116 Å². The Bertz CT molecular complexity index is 888. The second-order valence-electron chi connectivity index (χ2n) is 4.93. The number of para-hydroxylation sites is 1. The van der Waals surface area contributed by atoms with Gasteiger partial charge in [-0.2, -0.15) is 0 Å². The quantitative estimate of drug-likeness (QED) is 0.497. The second kappa shape index (κ2) is 4.14. The number of fused-ring (bicyclic) bond motifs is 2. The summed E-state index contributed by atoms with van der Waals surface area (Å²) in [6, 6.07) is 22.3. The summed E-state index contributed by atoms with van der Waals surface area (Å²) >= 11 is 0. The van der Waals surface area contributed by atoms with E-state index < -0.39 is 0 Å². The minimum absolute atomic E-state index is 0.804. The Hall–Kier alpha value is -2.74. The van der Waals surface area contributed by atoms with Gasteiger partial charge in [0.05, 0.1) is 0 Å². The third kappa shape index (κ3) is 1.66. The molecule has 0 fully saturated rings. The number of benzene rings is 3. The van der Waals surface area contributed by atoms with Gasteiger partial charge in [-0.15, -0.1) is 0 Å². The SMILES string of the molecule is Nc1cccc2cc(-c3cc4ccccc4o3)ccc12. The molecule has 3 aromatic carbocycles. The maximum Gasteiger partial charge on any atom is 0.135 e. The van der Waals surface area contributed by atoms with Crippen molar-refractivity contribution in [2.75, 3.05) is 5.73 Å². The van der Waals surface area contributed by atoms with Gasteiger partial charge in [0, 0.05) is 22.0 Å². The normalized spacial score (nSPS) is 11.2. The third-order valence-electron chi connectivity index (χ3n) is 3.62. The van der Waals surface area contributed by atoms with Crippen LogP contribution in [-0.2, 0) is 0 Å². The van der Waals surface area contributed by atoms with E-state index in [1.807, 2.05) is 36.4 Å². The van der Waals surface area contributed by atoms with E-state index in [4.69, 9.17) is 10.2 Å². The average Bonchev–Trinajstić information content (AvgIpc) is 2.91. The van der Waals surface area contributed by atoms with Crippen molar-refractivity contribution in [3.8, 4) is 11.3 Å². The molecule has 20 heavy (non-hydrogen) atoms. The number of hydrogen-bond donors (Lipinski definition) is 1. The first-order valence-electron chi connectivity index (χ1n) is 6.58. The number of furan rings is 1. The molecule has 96 valence electrons. The summed E-state index contributed by atoms with van der Waals surface area (Å²) in [5.74, 6) is 0.885. The molecule has 0 saturated carbocycles. The van der Waals surface area contributed by atoms with Crippen molar-refractivity contribution < 1.29 is 4.42 Å². The fraction of sp³-hybridized carbons (Fsp3) is 0. The van der Waals surface area contributed by atoms with Crippen LogP contribution in [0, 0.1) is 0 Å². The number of rotatable bonds is 1. The number of anilines is 1. The molecule has 2 nitrogen and oxygen atoms in total. The molecular weight excluding hydrogens is 246 g/mol. The largest absolute Gasteiger partial charge is 0.456 e. The zero-order valence-electron chi connectivity index (χ0n) is 10.8. The van der Waals surface area contributed by atoms with E-state index >= 15 is 0 Å². The molecule has 4 rings (SSSR count). The minimum atomic E-state index is 0.804. The smallest absolute Gasteiger partial charge is 0.135 e. The van der Waals surface area contributed by atoms with E-state index in [2.05, 4.69) is 30.3 Å². The maximum absolute atomic E-state index is 5.98. The van der Waals surface area contributed by atoms with Crippen LogP contribution in [0.3, 0.4) is 0 Å². The first kappa shape index (κ1) is 11.1. The highest BCUT2D eigenvalue weighted by Crippen LogP contribution is 2.31. The molecule has 0 bridgehead atoms. The van der Waals surface area contributed by atoms with Crippen LogP contribution in [0.1, 0.15) is 0 Å². The lowest BCUT2D eigenvalue weighted by molar-refractivity contribution is 0.631. The van der Waals surface area contributed by atoms with Gasteiger partial charge >= 0.3 is 0 Å². The van der Waals surface area contributed by atoms with E-state index in [9.17, 15) is 0 Å². The molecule has 0 aliphatic heterocycles. The van der Waals surface area contributed by atoms with E-state index in [1.54, 1.807) is 0 Å². The summed E-state index contributed by atoms with van der Waals surface area (Å²) in [6.07, 6.45) is 0. The first-order valence-corrected chi connectivity index (χ1v) is 6.58. The van der Waals surface area contributed by atoms with Crippen LogP contribution >= 0.6 is 0 Å². The molecule has 2 N–H and O–H groups in total. The van der Waals surface area contributed by atoms with Crippen molar-refractivity contribution in [1.29, 1.82) is 0 Å². The van der Waals surface area contributed by atoms with Gasteiger partial charge < -0.3 is 10.2 Å². The van der Waals surface area contributed by atoms with Crippen molar-refractivity contribution in [2.45, 2.75) is 0 Å². The number of hydrogen-bond acceptors (Lipinski definition) is 2. The van der Waals surface area contributed by atoms with Gasteiger partial charge in [0.1, 0.15) is 11.3 Å². The lowest BCUT2D eigenvalue weighted by Gasteiger charge is -2.03. The van der Waals surface area contributed by atoms with Crippen molar-refractivity contribution in [2.24, 2.45) is 0 Å². The second-order valence-corrected chi connectivity index (χ2v) is 4.93. The lowest BCUT2D eigenvalue weighted by Crippen LogP contribution is -1.86. The molecule has 1 aromatic heterocycles. The van der Waals surface area contributed by atoms with Gasteiger partial charge in [-0.05, 0) is 29.7 Å². The first-order chi connectivity index (χ1) is 9.81. The fourth-order valence-electron chi connectivity index (χ4n) is 2.59. The highest BCUT2D eigenvalue weighted by molar-refractivity contribution is 5.95. The van der Waals surface area contributed by atoms with Crippen LogP contribution in [0.15, 0.2) is 71.1 Å². The molecule has 0 atom stereocenters. The number of nitrogen functional groups attached to an aromatic ring is 1. The highest BCUT2D eigenvalue weighted by Gasteiger charge is 2.07. The Morgan fingerprint density at radius 2 is 1.60 bits per heavy atom. The van der Waals surface area contributed by atoms with Crippen molar-refractivity contribution in [1.82, 2.24) is 0 Å². The molecule has 0 spiro atoms. The summed E-state index contributed by atoms with van der Waals surface area (Å²) < 4.78 is 5.90. The molecule has 1 heterocycles. The fourth-order valence-corrected chi connectivity index (χ4v) is 2.59. The number of nitrogens with two attached hydrogens (primary N) is 1. The van der Waals surface area contributed by atoms with Crippen LogP contribution in [0.5, 0.6) is 0 Å². The highest BCUT2D eigenvalue weighted by atomic mass is 16.3. The van der Waals surface area contributed by atoms with Crippen LogP contribution in [0.2, 0.25) is 0 Å². The summed E-state index contributed by atoms with van der Waals surface area (Å²) in [6.45, 7) is 0. The molecule has 2 heteroatoms. The Kier molecular flexibility index (Phi) is 2.30. The summed E-state index contributed by atoms with van der Waals surface area (Å²) in [7, 11) is 0. The summed E-state index contributed by atoms with van der Waals surface area (Å²) in [5, 5.41) is 3.32. The zero-order valence-corrected chi connectivity index (χ0v) is 10.8. The van der Waals surface area contributed by atoms with Crippen LogP contribution < -0.4 is 5.73 Å². The van der Waals surface area contributed by atoms with E-state index in [0.29, 0.717) is 0 Å². The Morgan fingerprint density at radius 1 is 0.750 bits per heavy atom. The van der Waals surface area contributed by atoms with E-state index in [1.165, 1.54) is 0 Å². The Morgan fingerprint density at radius 3 is 2.50 bits per heavy atom. The molecule has 0 amide bonds. The predicted molar refractivity (Wildman–Crippen MR) is 83.6 cm³/mol. The monoisotopic (exact) mass is 259 g/mol. The topological polar surface area (TPSA) is 39.2 Å². The van der Waals surface area contributed by atoms with Gasteiger partial charge in [-0.1, -0.05) is 42.5 Å². The maximum atomic E-state index is 5.98. The van der Waals surface area contributed by atoms with E-state index in [0.717, 1.165) is 38.8 Å². The summed E-state index contributed by atoms with van der Waals surface area (Å²) in [4.78, 5) is 0. The molecule has 0 aliphatic rings. The van der Waals surface area contributed by atoms with Gasteiger partial charge in [0.25, 0.3) is 0 Å². The van der Waals surface area contributed by atoms with Crippen LogP contribution in [0.4, 0.5) is 5.69 Å². The van der Waals surface area contributed by atoms with E-state index in [-0.39, 0.29) is 0 Å². The van der Waals surface area contributed by atoms with Gasteiger partial charge in [-0.3, -0.25) is 0 Å².